The lowest BCUT2D eigenvalue weighted by atomic mass is 10.2. The average molecular weight is 279 g/mol. The van der Waals surface area contributed by atoms with Crippen LogP contribution in [-0.4, -0.2) is 25.1 Å². The number of nitrogens with zero attached hydrogens (tertiary/aromatic N) is 3. The van der Waals surface area contributed by atoms with E-state index >= 15 is 0 Å². The summed E-state index contributed by atoms with van der Waals surface area (Å²) in [6.07, 6.45) is 4.22. The molecule has 3 N–H and O–H groups in total. The van der Waals surface area contributed by atoms with Crippen molar-refractivity contribution in [1.29, 1.82) is 0 Å². The maximum Gasteiger partial charge on any atom is 0.330 e. The van der Waals surface area contributed by atoms with Gasteiger partial charge in [-0.2, -0.15) is 0 Å². The number of aromatic amines is 1. The molecule has 20 heavy (non-hydrogen) atoms. The Hall–Kier alpha value is -1.89. The number of aromatic nitrogens is 4. The van der Waals surface area contributed by atoms with Crippen LogP contribution in [0.1, 0.15) is 33.1 Å². The van der Waals surface area contributed by atoms with Crippen LogP contribution in [0.4, 0.5) is 0 Å². The van der Waals surface area contributed by atoms with Crippen molar-refractivity contribution in [2.24, 2.45) is 5.73 Å². The molecule has 0 saturated heterocycles. The average Bonchev–Trinajstić information content (AvgIpc) is 2.82. The zero-order valence-corrected chi connectivity index (χ0v) is 11.9. The summed E-state index contributed by atoms with van der Waals surface area (Å²) in [5.74, 6) is 0. The smallest absolute Gasteiger partial charge is 0.326 e. The Labute approximate surface area is 116 Å². The summed E-state index contributed by atoms with van der Waals surface area (Å²) in [7, 11) is 0. The van der Waals surface area contributed by atoms with Crippen molar-refractivity contribution < 1.29 is 0 Å². The van der Waals surface area contributed by atoms with Crippen LogP contribution in [0, 0.1) is 0 Å². The monoisotopic (exact) mass is 279 g/mol. The number of unbranched alkanes of at least 4 members (excludes halogenated alkanes) is 1. The van der Waals surface area contributed by atoms with E-state index in [1.54, 1.807) is 10.9 Å². The molecule has 7 heteroatoms. The van der Waals surface area contributed by atoms with E-state index in [2.05, 4.69) is 9.97 Å². The van der Waals surface area contributed by atoms with Crippen molar-refractivity contribution in [3.8, 4) is 0 Å². The Kier molecular flexibility index (Phi) is 4.39. The molecule has 1 atom stereocenters. The Balaban J connectivity index is 2.55. The molecule has 0 aliphatic heterocycles. The second-order valence-corrected chi connectivity index (χ2v) is 5.00. The van der Waals surface area contributed by atoms with Crippen LogP contribution in [0.2, 0.25) is 0 Å². The molecule has 0 saturated carbocycles. The van der Waals surface area contributed by atoms with Gasteiger partial charge in [0.15, 0.2) is 11.2 Å². The lowest BCUT2D eigenvalue weighted by Gasteiger charge is -2.10. The van der Waals surface area contributed by atoms with Crippen LogP contribution < -0.4 is 17.0 Å². The molecule has 2 rings (SSSR count). The first-order valence-electron chi connectivity index (χ1n) is 7.02. The second kappa shape index (κ2) is 6.04. The van der Waals surface area contributed by atoms with E-state index in [-0.39, 0.29) is 6.04 Å². The third kappa shape index (κ3) is 2.67. The van der Waals surface area contributed by atoms with Crippen molar-refractivity contribution >= 4 is 11.2 Å². The molecule has 2 aromatic heterocycles. The molecular weight excluding hydrogens is 258 g/mol. The predicted molar refractivity (Wildman–Crippen MR) is 77.8 cm³/mol. The van der Waals surface area contributed by atoms with Crippen LogP contribution in [0.3, 0.4) is 0 Å². The fraction of sp³-hybridized carbons (Fsp3) is 0.615. The maximum atomic E-state index is 12.0. The van der Waals surface area contributed by atoms with Crippen molar-refractivity contribution in [2.75, 3.05) is 0 Å². The lowest BCUT2D eigenvalue weighted by molar-refractivity contribution is 0.546. The summed E-state index contributed by atoms with van der Waals surface area (Å²) in [6, 6.07) is -0.0391. The van der Waals surface area contributed by atoms with Gasteiger partial charge in [0.25, 0.3) is 5.56 Å². The third-order valence-corrected chi connectivity index (χ3v) is 3.45. The summed E-state index contributed by atoms with van der Waals surface area (Å²) in [4.78, 5) is 30.5. The summed E-state index contributed by atoms with van der Waals surface area (Å²) in [6.45, 7) is 5.11. The van der Waals surface area contributed by atoms with Crippen LogP contribution in [0.15, 0.2) is 15.9 Å². The number of H-pyrrole nitrogens is 1. The Morgan fingerprint density at radius 2 is 2.15 bits per heavy atom. The molecule has 1 unspecified atom stereocenters. The Morgan fingerprint density at radius 3 is 2.80 bits per heavy atom. The molecule has 2 heterocycles. The van der Waals surface area contributed by atoms with Gasteiger partial charge < -0.3 is 10.3 Å². The fourth-order valence-electron chi connectivity index (χ4n) is 2.17. The third-order valence-electron chi connectivity index (χ3n) is 3.45. The highest BCUT2D eigenvalue weighted by Crippen LogP contribution is 2.08. The minimum absolute atomic E-state index is 0.0391. The van der Waals surface area contributed by atoms with E-state index in [1.807, 2.05) is 13.8 Å². The van der Waals surface area contributed by atoms with E-state index < -0.39 is 11.2 Å². The van der Waals surface area contributed by atoms with E-state index in [9.17, 15) is 9.59 Å². The van der Waals surface area contributed by atoms with E-state index in [0.717, 1.165) is 19.3 Å². The van der Waals surface area contributed by atoms with Crippen LogP contribution in [0.25, 0.3) is 11.2 Å². The van der Waals surface area contributed by atoms with Gasteiger partial charge in [0.1, 0.15) is 0 Å². The molecule has 2 aromatic rings. The molecule has 0 radical (unpaired) electrons. The number of hydrogen-bond donors (Lipinski definition) is 2. The first-order valence-corrected chi connectivity index (χ1v) is 7.02. The number of nitrogens with one attached hydrogen (secondary N) is 1. The van der Waals surface area contributed by atoms with Gasteiger partial charge in [0.05, 0.1) is 6.33 Å². The van der Waals surface area contributed by atoms with Crippen molar-refractivity contribution in [3.05, 3.63) is 27.2 Å². The van der Waals surface area contributed by atoms with E-state index in [1.165, 1.54) is 4.57 Å². The van der Waals surface area contributed by atoms with E-state index in [4.69, 9.17) is 5.73 Å². The normalized spacial score (nSPS) is 12.9. The zero-order chi connectivity index (χ0) is 14.7. The molecule has 0 aliphatic carbocycles. The number of aryl methyl sites for hydroxylation is 1. The van der Waals surface area contributed by atoms with Gasteiger partial charge in [-0.3, -0.25) is 14.3 Å². The minimum Gasteiger partial charge on any atom is -0.326 e. The van der Waals surface area contributed by atoms with Gasteiger partial charge in [0, 0.05) is 19.1 Å². The number of hydrogen-bond acceptors (Lipinski definition) is 4. The van der Waals surface area contributed by atoms with Crippen molar-refractivity contribution in [1.82, 2.24) is 19.1 Å². The van der Waals surface area contributed by atoms with Gasteiger partial charge in [-0.05, 0) is 12.8 Å². The summed E-state index contributed by atoms with van der Waals surface area (Å²) in [5.41, 5.74) is 5.98. The molecule has 0 aromatic carbocycles. The van der Waals surface area contributed by atoms with Crippen molar-refractivity contribution in [3.63, 3.8) is 0 Å². The van der Waals surface area contributed by atoms with Gasteiger partial charge in [0.2, 0.25) is 0 Å². The molecular formula is C13H21N5O2. The number of imidazole rings is 1. The molecule has 0 amide bonds. The summed E-state index contributed by atoms with van der Waals surface area (Å²) >= 11 is 0. The Bertz CT molecular complexity index is 697. The highest BCUT2D eigenvalue weighted by molar-refractivity contribution is 5.69. The SMILES string of the molecule is CCCCn1c(=O)[nH]c(=O)c2c1ncn2CC(N)CC. The van der Waals surface area contributed by atoms with Gasteiger partial charge in [-0.15, -0.1) is 0 Å². The molecule has 0 fully saturated rings. The fourth-order valence-corrected chi connectivity index (χ4v) is 2.17. The van der Waals surface area contributed by atoms with Crippen LogP contribution >= 0.6 is 0 Å². The first kappa shape index (κ1) is 14.5. The Morgan fingerprint density at radius 1 is 1.40 bits per heavy atom. The summed E-state index contributed by atoms with van der Waals surface area (Å²) < 4.78 is 3.25. The summed E-state index contributed by atoms with van der Waals surface area (Å²) in [5, 5.41) is 0. The van der Waals surface area contributed by atoms with Gasteiger partial charge in [-0.25, -0.2) is 9.78 Å². The van der Waals surface area contributed by atoms with E-state index in [0.29, 0.717) is 24.3 Å². The highest BCUT2D eigenvalue weighted by atomic mass is 16.2. The number of rotatable bonds is 6. The molecule has 0 aliphatic rings. The van der Waals surface area contributed by atoms with Gasteiger partial charge >= 0.3 is 5.69 Å². The lowest BCUT2D eigenvalue weighted by Crippen LogP contribution is -2.32. The zero-order valence-electron chi connectivity index (χ0n) is 11.9. The predicted octanol–water partition coefficient (Wildman–Crippen LogP) is 0.424. The molecule has 0 bridgehead atoms. The molecule has 110 valence electrons. The first-order chi connectivity index (χ1) is 9.58. The van der Waals surface area contributed by atoms with Gasteiger partial charge in [-0.1, -0.05) is 20.3 Å². The standard InChI is InChI=1S/C13H21N5O2/c1-3-5-6-18-11-10(12(19)16-13(18)20)17(8-15-11)7-9(14)4-2/h8-9H,3-7,14H2,1-2H3,(H,16,19,20). The largest absolute Gasteiger partial charge is 0.330 e. The topological polar surface area (TPSA) is 98.7 Å². The highest BCUT2D eigenvalue weighted by Gasteiger charge is 2.14. The van der Waals surface area contributed by atoms with Crippen molar-refractivity contribution in [2.45, 2.75) is 52.2 Å². The maximum absolute atomic E-state index is 12.0. The molecule has 0 spiro atoms. The number of nitrogens with two attached hydrogens (primary N) is 1. The van der Waals surface area contributed by atoms with Crippen LogP contribution in [0.5, 0.6) is 0 Å². The minimum atomic E-state index is -0.404. The number of fused-ring (bicyclic) bond motifs is 1. The second-order valence-electron chi connectivity index (χ2n) is 5.00. The van der Waals surface area contributed by atoms with Crippen LogP contribution in [-0.2, 0) is 13.1 Å². The molecule has 7 nitrogen and oxygen atoms in total. The quantitative estimate of drug-likeness (QED) is 0.800.